The molecule has 0 amide bonds. The first-order valence-electron chi connectivity index (χ1n) is 5.61. The minimum Gasteiger partial charge on any atom is -0.388 e. The molecule has 0 fully saturated rings. The Labute approximate surface area is 102 Å². The van der Waals surface area contributed by atoms with E-state index >= 15 is 0 Å². The van der Waals surface area contributed by atoms with Crippen LogP contribution in [0.1, 0.15) is 31.1 Å². The third-order valence-corrected chi connectivity index (χ3v) is 3.16. The molecule has 1 aromatic rings. The van der Waals surface area contributed by atoms with Gasteiger partial charge in [0, 0.05) is 10.9 Å². The lowest BCUT2D eigenvalue weighted by Crippen LogP contribution is -2.26. The zero-order chi connectivity index (χ0) is 12.3. The quantitative estimate of drug-likeness (QED) is 0.852. The summed E-state index contributed by atoms with van der Waals surface area (Å²) in [5.41, 5.74) is 7.61. The Balaban J connectivity index is 2.98. The van der Waals surface area contributed by atoms with Gasteiger partial charge in [0.15, 0.2) is 0 Å². The highest BCUT2D eigenvalue weighted by molar-refractivity contribution is 6.30. The molecule has 2 unspecified atom stereocenters. The zero-order valence-electron chi connectivity index (χ0n) is 10.1. The molecule has 2 nitrogen and oxygen atoms in total. The zero-order valence-corrected chi connectivity index (χ0v) is 10.8. The molecule has 0 aliphatic rings. The van der Waals surface area contributed by atoms with Crippen LogP contribution in [0.25, 0.3) is 0 Å². The molecule has 0 radical (unpaired) electrons. The fourth-order valence-corrected chi connectivity index (χ4v) is 2.25. The fourth-order valence-electron chi connectivity index (χ4n) is 1.95. The number of halogens is 1. The third-order valence-electron chi connectivity index (χ3n) is 2.94. The lowest BCUT2D eigenvalue weighted by molar-refractivity contribution is 0.0860. The summed E-state index contributed by atoms with van der Waals surface area (Å²) in [7, 11) is 0. The lowest BCUT2D eigenvalue weighted by Gasteiger charge is -2.25. The normalized spacial score (nSPS) is 15.2. The van der Waals surface area contributed by atoms with Crippen LogP contribution in [-0.2, 0) is 0 Å². The van der Waals surface area contributed by atoms with E-state index in [1.165, 1.54) is 0 Å². The molecule has 1 rings (SSSR count). The SMILES string of the molecule is Cc1cc(Cl)cc(C(O)C(CN)C(C)C)c1. The molecular weight excluding hydrogens is 222 g/mol. The average Bonchev–Trinajstić information content (AvgIpc) is 2.16. The second-order valence-electron chi connectivity index (χ2n) is 4.65. The van der Waals surface area contributed by atoms with Crippen molar-refractivity contribution in [1.82, 2.24) is 0 Å². The smallest absolute Gasteiger partial charge is 0.0833 e. The summed E-state index contributed by atoms with van der Waals surface area (Å²) in [6, 6.07) is 5.65. The van der Waals surface area contributed by atoms with Crippen molar-refractivity contribution in [2.45, 2.75) is 26.9 Å². The molecule has 0 bridgehead atoms. The Morgan fingerprint density at radius 2 is 1.94 bits per heavy atom. The number of aryl methyl sites for hydroxylation is 1. The van der Waals surface area contributed by atoms with Crippen molar-refractivity contribution in [3.05, 3.63) is 34.3 Å². The van der Waals surface area contributed by atoms with Crippen molar-refractivity contribution in [3.8, 4) is 0 Å². The summed E-state index contributed by atoms with van der Waals surface area (Å²) in [5, 5.41) is 10.9. The maximum Gasteiger partial charge on any atom is 0.0833 e. The van der Waals surface area contributed by atoms with E-state index in [-0.39, 0.29) is 5.92 Å². The number of hydrogen-bond acceptors (Lipinski definition) is 2. The molecule has 0 saturated carbocycles. The molecule has 0 heterocycles. The van der Waals surface area contributed by atoms with Gasteiger partial charge in [0.2, 0.25) is 0 Å². The van der Waals surface area contributed by atoms with Gasteiger partial charge in [-0.15, -0.1) is 0 Å². The first-order valence-corrected chi connectivity index (χ1v) is 5.98. The van der Waals surface area contributed by atoms with Crippen LogP contribution in [0.2, 0.25) is 5.02 Å². The molecule has 0 spiro atoms. The highest BCUT2D eigenvalue weighted by atomic mass is 35.5. The van der Waals surface area contributed by atoms with Crippen molar-refractivity contribution >= 4 is 11.6 Å². The molecule has 90 valence electrons. The summed E-state index contributed by atoms with van der Waals surface area (Å²) >= 11 is 5.98. The van der Waals surface area contributed by atoms with Gasteiger partial charge in [-0.05, 0) is 42.6 Å². The van der Waals surface area contributed by atoms with Gasteiger partial charge in [0.1, 0.15) is 0 Å². The van der Waals surface area contributed by atoms with E-state index in [0.717, 1.165) is 11.1 Å². The van der Waals surface area contributed by atoms with Gasteiger partial charge in [0.05, 0.1) is 6.10 Å². The molecule has 2 atom stereocenters. The van der Waals surface area contributed by atoms with Gasteiger partial charge in [-0.2, -0.15) is 0 Å². The van der Waals surface area contributed by atoms with Crippen LogP contribution in [0.3, 0.4) is 0 Å². The van der Waals surface area contributed by atoms with Crippen molar-refractivity contribution < 1.29 is 5.11 Å². The Morgan fingerprint density at radius 3 is 2.38 bits per heavy atom. The van der Waals surface area contributed by atoms with Crippen molar-refractivity contribution in [2.24, 2.45) is 17.6 Å². The average molecular weight is 242 g/mol. The van der Waals surface area contributed by atoms with Crippen LogP contribution < -0.4 is 5.73 Å². The van der Waals surface area contributed by atoms with Crippen LogP contribution in [0.15, 0.2) is 18.2 Å². The maximum absolute atomic E-state index is 10.3. The number of rotatable bonds is 4. The number of aliphatic hydroxyl groups excluding tert-OH is 1. The molecule has 0 aromatic heterocycles. The monoisotopic (exact) mass is 241 g/mol. The lowest BCUT2D eigenvalue weighted by atomic mass is 9.86. The van der Waals surface area contributed by atoms with E-state index in [9.17, 15) is 5.11 Å². The first kappa shape index (κ1) is 13.5. The second kappa shape index (κ2) is 5.67. The summed E-state index contributed by atoms with van der Waals surface area (Å²) < 4.78 is 0. The Bertz CT molecular complexity index is 332. The molecule has 0 aliphatic heterocycles. The van der Waals surface area contributed by atoms with Gasteiger partial charge in [0.25, 0.3) is 0 Å². The molecule has 3 N–H and O–H groups in total. The topological polar surface area (TPSA) is 46.2 Å². The number of aliphatic hydroxyl groups is 1. The van der Waals surface area contributed by atoms with E-state index in [1.807, 2.05) is 25.1 Å². The predicted octanol–water partition coefficient (Wildman–Crippen LogP) is 2.91. The minimum absolute atomic E-state index is 0.0675. The van der Waals surface area contributed by atoms with Gasteiger partial charge in [-0.3, -0.25) is 0 Å². The molecular formula is C13H20ClNO. The highest BCUT2D eigenvalue weighted by Crippen LogP contribution is 2.29. The van der Waals surface area contributed by atoms with Crippen LogP contribution in [0, 0.1) is 18.8 Å². The second-order valence-corrected chi connectivity index (χ2v) is 5.09. The number of benzene rings is 1. The number of hydrogen-bond donors (Lipinski definition) is 2. The maximum atomic E-state index is 10.3. The van der Waals surface area contributed by atoms with E-state index in [2.05, 4.69) is 13.8 Å². The van der Waals surface area contributed by atoms with E-state index in [0.29, 0.717) is 17.5 Å². The van der Waals surface area contributed by atoms with Gasteiger partial charge in [-0.25, -0.2) is 0 Å². The summed E-state index contributed by atoms with van der Waals surface area (Å²) in [5.74, 6) is 0.414. The Morgan fingerprint density at radius 1 is 1.31 bits per heavy atom. The third kappa shape index (κ3) is 3.21. The standard InChI is InChI=1S/C13H20ClNO/c1-8(2)12(7-15)13(16)10-4-9(3)5-11(14)6-10/h4-6,8,12-13,16H,7,15H2,1-3H3. The van der Waals surface area contributed by atoms with Crippen LogP contribution in [-0.4, -0.2) is 11.7 Å². The summed E-state index contributed by atoms with van der Waals surface area (Å²) in [6.07, 6.45) is -0.539. The molecule has 0 saturated heterocycles. The molecule has 3 heteroatoms. The van der Waals surface area contributed by atoms with Crippen LogP contribution >= 0.6 is 11.6 Å². The molecule has 1 aromatic carbocycles. The summed E-state index contributed by atoms with van der Waals surface area (Å²) in [6.45, 7) is 6.58. The Hall–Kier alpha value is -0.570. The molecule has 0 aliphatic carbocycles. The van der Waals surface area contributed by atoms with Crippen LogP contribution in [0.4, 0.5) is 0 Å². The largest absolute Gasteiger partial charge is 0.388 e. The number of nitrogens with two attached hydrogens (primary N) is 1. The van der Waals surface area contributed by atoms with Crippen molar-refractivity contribution in [1.29, 1.82) is 0 Å². The van der Waals surface area contributed by atoms with Crippen LogP contribution in [0.5, 0.6) is 0 Å². The van der Waals surface area contributed by atoms with Crippen molar-refractivity contribution in [2.75, 3.05) is 6.54 Å². The van der Waals surface area contributed by atoms with Crippen molar-refractivity contribution in [3.63, 3.8) is 0 Å². The van der Waals surface area contributed by atoms with E-state index < -0.39 is 6.10 Å². The van der Waals surface area contributed by atoms with E-state index in [1.54, 1.807) is 0 Å². The predicted molar refractivity (Wildman–Crippen MR) is 68.5 cm³/mol. The van der Waals surface area contributed by atoms with Gasteiger partial charge < -0.3 is 10.8 Å². The highest BCUT2D eigenvalue weighted by Gasteiger charge is 2.23. The van der Waals surface area contributed by atoms with Gasteiger partial charge >= 0.3 is 0 Å². The first-order chi connectivity index (χ1) is 7.45. The molecule has 16 heavy (non-hydrogen) atoms. The van der Waals surface area contributed by atoms with Gasteiger partial charge in [-0.1, -0.05) is 31.5 Å². The summed E-state index contributed by atoms with van der Waals surface area (Å²) in [4.78, 5) is 0. The Kier molecular flexibility index (Phi) is 4.78. The van der Waals surface area contributed by atoms with E-state index in [4.69, 9.17) is 17.3 Å². The fraction of sp³-hybridized carbons (Fsp3) is 0.538. The minimum atomic E-state index is -0.539.